The molecule has 0 aliphatic heterocycles. The summed E-state index contributed by atoms with van der Waals surface area (Å²) in [5.74, 6) is 1.32. The van der Waals surface area contributed by atoms with Gasteiger partial charge in [0.2, 0.25) is 0 Å². The Morgan fingerprint density at radius 1 is 1.16 bits per heavy atom. The molecule has 0 spiro atoms. The number of benzene rings is 1. The van der Waals surface area contributed by atoms with Crippen LogP contribution in [-0.4, -0.2) is 38.5 Å². The maximum Gasteiger partial charge on any atom is 0.191 e. The second-order valence-corrected chi connectivity index (χ2v) is 7.26. The molecule has 4 nitrogen and oxygen atoms in total. The Balaban J connectivity index is 0.00000312. The van der Waals surface area contributed by atoms with Crippen LogP contribution in [-0.2, 0) is 13.1 Å². The summed E-state index contributed by atoms with van der Waals surface area (Å²) in [6, 6.07) is 13.0. The van der Waals surface area contributed by atoms with Gasteiger partial charge < -0.3 is 15.5 Å². The van der Waals surface area contributed by atoms with Crippen LogP contribution in [0.2, 0.25) is 0 Å². The van der Waals surface area contributed by atoms with E-state index in [9.17, 15) is 0 Å². The lowest BCUT2D eigenvalue weighted by Crippen LogP contribution is -2.38. The highest BCUT2D eigenvalue weighted by atomic mass is 127. The van der Waals surface area contributed by atoms with Gasteiger partial charge in [-0.3, -0.25) is 4.99 Å². The molecule has 0 saturated heterocycles. The monoisotopic (exact) mass is 472 g/mol. The predicted octanol–water partition coefficient (Wildman–Crippen LogP) is 3.90. The van der Waals surface area contributed by atoms with Crippen LogP contribution in [0.25, 0.3) is 0 Å². The Morgan fingerprint density at radius 2 is 1.92 bits per heavy atom. The molecule has 0 saturated carbocycles. The van der Waals surface area contributed by atoms with Gasteiger partial charge in [0.05, 0.1) is 0 Å². The summed E-state index contributed by atoms with van der Waals surface area (Å²) in [4.78, 5) is 7.89. The van der Waals surface area contributed by atoms with E-state index in [-0.39, 0.29) is 24.0 Å². The number of halogens is 1. The normalized spacial score (nSPS) is 12.6. The van der Waals surface area contributed by atoms with Crippen molar-refractivity contribution in [2.75, 3.05) is 27.7 Å². The number of nitrogens with zero attached hydrogens (tertiary/aromatic N) is 2. The third-order valence-electron chi connectivity index (χ3n) is 3.78. The fourth-order valence-corrected chi connectivity index (χ4v) is 3.32. The van der Waals surface area contributed by atoms with E-state index in [4.69, 9.17) is 0 Å². The fraction of sp³-hybridized carbons (Fsp3) is 0.421. The number of nitrogens with one attached hydrogen (secondary N) is 2. The van der Waals surface area contributed by atoms with Crippen LogP contribution >= 0.6 is 35.3 Å². The van der Waals surface area contributed by atoms with Crippen LogP contribution in [0.4, 0.5) is 0 Å². The number of rotatable bonds is 7. The Morgan fingerprint density at radius 3 is 2.56 bits per heavy atom. The average molecular weight is 472 g/mol. The second kappa shape index (κ2) is 11.5. The number of guanidine groups is 1. The van der Waals surface area contributed by atoms with Crippen molar-refractivity contribution in [3.63, 3.8) is 0 Å². The van der Waals surface area contributed by atoms with Crippen LogP contribution in [0.15, 0.2) is 46.8 Å². The smallest absolute Gasteiger partial charge is 0.191 e. The molecule has 0 amide bonds. The zero-order valence-corrected chi connectivity index (χ0v) is 18.6. The van der Waals surface area contributed by atoms with Crippen LogP contribution in [0, 0.1) is 0 Å². The average Bonchev–Trinajstić information content (AvgIpc) is 3.09. The topological polar surface area (TPSA) is 39.7 Å². The highest BCUT2D eigenvalue weighted by Crippen LogP contribution is 2.19. The molecular formula is C19H29IN4S. The summed E-state index contributed by atoms with van der Waals surface area (Å²) >= 11 is 1.80. The van der Waals surface area contributed by atoms with Gasteiger partial charge in [-0.25, -0.2) is 0 Å². The minimum absolute atomic E-state index is 0. The first kappa shape index (κ1) is 21.9. The Labute approximate surface area is 172 Å². The zero-order chi connectivity index (χ0) is 17.4. The molecule has 138 valence electrons. The second-order valence-electron chi connectivity index (χ2n) is 6.28. The van der Waals surface area contributed by atoms with Crippen LogP contribution in [0.1, 0.15) is 28.8 Å². The van der Waals surface area contributed by atoms with Gasteiger partial charge in [0.15, 0.2) is 5.96 Å². The Kier molecular flexibility index (Phi) is 10.1. The molecular weight excluding hydrogens is 443 g/mol. The van der Waals surface area contributed by atoms with Gasteiger partial charge in [-0.05, 0) is 36.7 Å². The quantitative estimate of drug-likeness (QED) is 0.365. The summed E-state index contributed by atoms with van der Waals surface area (Å²) in [7, 11) is 5.99. The molecule has 2 aromatic rings. The van der Waals surface area contributed by atoms with Crippen molar-refractivity contribution in [2.45, 2.75) is 25.9 Å². The molecule has 2 rings (SSSR count). The molecule has 1 aromatic carbocycles. The number of hydrogen-bond donors (Lipinski definition) is 2. The number of aliphatic imine (C=N–C) groups is 1. The molecule has 1 unspecified atom stereocenters. The summed E-state index contributed by atoms with van der Waals surface area (Å²) in [5, 5.41) is 8.93. The van der Waals surface area contributed by atoms with E-state index in [2.05, 4.69) is 83.3 Å². The molecule has 0 fully saturated rings. The van der Waals surface area contributed by atoms with Crippen molar-refractivity contribution in [2.24, 2.45) is 4.99 Å². The third kappa shape index (κ3) is 7.75. The van der Waals surface area contributed by atoms with Crippen molar-refractivity contribution in [1.29, 1.82) is 0 Å². The first-order valence-electron chi connectivity index (χ1n) is 8.29. The van der Waals surface area contributed by atoms with E-state index in [1.807, 2.05) is 7.05 Å². The summed E-state index contributed by atoms with van der Waals surface area (Å²) in [6.45, 7) is 4.84. The molecule has 6 heteroatoms. The molecule has 1 heterocycles. The van der Waals surface area contributed by atoms with E-state index in [1.165, 1.54) is 16.0 Å². The minimum atomic E-state index is 0. The minimum Gasteiger partial charge on any atom is -0.356 e. The van der Waals surface area contributed by atoms with E-state index in [0.717, 1.165) is 25.6 Å². The van der Waals surface area contributed by atoms with Crippen molar-refractivity contribution in [1.82, 2.24) is 15.5 Å². The van der Waals surface area contributed by atoms with Crippen molar-refractivity contribution in [3.8, 4) is 0 Å². The Bertz CT molecular complexity index is 641. The zero-order valence-electron chi connectivity index (χ0n) is 15.5. The van der Waals surface area contributed by atoms with E-state index < -0.39 is 0 Å². The van der Waals surface area contributed by atoms with Crippen LogP contribution in [0.5, 0.6) is 0 Å². The first-order valence-corrected chi connectivity index (χ1v) is 9.17. The van der Waals surface area contributed by atoms with Gasteiger partial charge >= 0.3 is 0 Å². The maximum atomic E-state index is 4.32. The largest absolute Gasteiger partial charge is 0.356 e. The lowest BCUT2D eigenvalue weighted by molar-refractivity contribution is 0.402. The maximum absolute atomic E-state index is 4.32. The van der Waals surface area contributed by atoms with Gasteiger partial charge in [-0.15, -0.1) is 35.3 Å². The molecule has 1 aromatic heterocycles. The van der Waals surface area contributed by atoms with E-state index in [0.29, 0.717) is 5.92 Å². The highest BCUT2D eigenvalue weighted by Gasteiger charge is 2.07. The molecule has 2 N–H and O–H groups in total. The number of thiophene rings is 1. The standard InChI is InChI=1S/C19H28N4S.HI/c1-15(18-9-6-10-24-18)12-21-19(20-2)22-13-16-7-5-8-17(11-16)14-23(3)4;/h5-11,15H,12-14H2,1-4H3,(H2,20,21,22);1H. The fourth-order valence-electron chi connectivity index (χ4n) is 2.53. The Hall–Kier alpha value is -1.12. The SMILES string of the molecule is CN=C(NCc1cccc(CN(C)C)c1)NCC(C)c1cccs1.I. The summed E-state index contributed by atoms with van der Waals surface area (Å²) in [6.07, 6.45) is 0. The van der Waals surface area contributed by atoms with Crippen LogP contribution < -0.4 is 10.6 Å². The highest BCUT2D eigenvalue weighted by molar-refractivity contribution is 14.0. The lowest BCUT2D eigenvalue weighted by Gasteiger charge is -2.16. The first-order chi connectivity index (χ1) is 11.6. The van der Waals surface area contributed by atoms with E-state index in [1.54, 1.807) is 11.3 Å². The van der Waals surface area contributed by atoms with E-state index >= 15 is 0 Å². The van der Waals surface area contributed by atoms with Gasteiger partial charge in [0, 0.05) is 37.5 Å². The lowest BCUT2D eigenvalue weighted by atomic mass is 10.1. The molecule has 25 heavy (non-hydrogen) atoms. The third-order valence-corrected chi connectivity index (χ3v) is 4.88. The van der Waals surface area contributed by atoms with Gasteiger partial charge in [0.1, 0.15) is 0 Å². The molecule has 1 atom stereocenters. The summed E-state index contributed by atoms with van der Waals surface area (Å²) < 4.78 is 0. The van der Waals surface area contributed by atoms with Gasteiger partial charge in [-0.1, -0.05) is 37.3 Å². The van der Waals surface area contributed by atoms with Gasteiger partial charge in [0.25, 0.3) is 0 Å². The number of hydrogen-bond acceptors (Lipinski definition) is 3. The summed E-state index contributed by atoms with van der Waals surface area (Å²) in [5.41, 5.74) is 2.59. The molecule has 0 radical (unpaired) electrons. The van der Waals surface area contributed by atoms with Gasteiger partial charge in [-0.2, -0.15) is 0 Å². The van der Waals surface area contributed by atoms with Crippen molar-refractivity contribution < 1.29 is 0 Å². The predicted molar refractivity (Wildman–Crippen MR) is 120 cm³/mol. The van der Waals surface area contributed by atoms with Crippen molar-refractivity contribution >= 4 is 41.3 Å². The molecule has 0 aliphatic rings. The molecule has 0 bridgehead atoms. The van der Waals surface area contributed by atoms with Crippen molar-refractivity contribution in [3.05, 3.63) is 57.8 Å². The van der Waals surface area contributed by atoms with Crippen LogP contribution in [0.3, 0.4) is 0 Å². The molecule has 0 aliphatic carbocycles.